The quantitative estimate of drug-likeness (QED) is 0.530. The molecule has 9 nitrogen and oxygen atoms in total. The van der Waals surface area contributed by atoms with Gasteiger partial charge in [-0.3, -0.25) is 25.2 Å². The van der Waals surface area contributed by atoms with Gasteiger partial charge in [-0.2, -0.15) is 4.31 Å². The first-order valence-electron chi connectivity index (χ1n) is 8.18. The zero-order valence-electron chi connectivity index (χ0n) is 14.6. The van der Waals surface area contributed by atoms with E-state index in [0.717, 1.165) is 0 Å². The molecule has 1 fully saturated rings. The van der Waals surface area contributed by atoms with Gasteiger partial charge in [-0.1, -0.05) is 11.6 Å². The molecular weight excluding hydrogens is 398 g/mol. The zero-order chi connectivity index (χ0) is 20.0. The minimum Gasteiger partial charge on any atom is -0.455 e. The van der Waals surface area contributed by atoms with Gasteiger partial charge in [0.25, 0.3) is 5.91 Å². The van der Waals surface area contributed by atoms with Crippen molar-refractivity contribution < 1.29 is 27.5 Å². The Morgan fingerprint density at radius 3 is 2.30 bits per heavy atom. The molecule has 0 aromatic heterocycles. The maximum Gasteiger partial charge on any atom is 0.309 e. The van der Waals surface area contributed by atoms with Crippen LogP contribution in [-0.4, -0.2) is 50.2 Å². The van der Waals surface area contributed by atoms with Crippen molar-refractivity contribution in [2.24, 2.45) is 5.92 Å². The number of piperidine rings is 1. The molecule has 0 atom stereocenters. The molecule has 1 aliphatic rings. The van der Waals surface area contributed by atoms with Gasteiger partial charge in [-0.25, -0.2) is 8.42 Å². The van der Waals surface area contributed by atoms with Gasteiger partial charge >= 0.3 is 5.97 Å². The lowest BCUT2D eigenvalue weighted by molar-refractivity contribution is -0.154. The van der Waals surface area contributed by atoms with Gasteiger partial charge in [0, 0.05) is 25.0 Å². The molecule has 0 spiro atoms. The Hall–Kier alpha value is -2.17. The highest BCUT2D eigenvalue weighted by Gasteiger charge is 2.33. The smallest absolute Gasteiger partial charge is 0.309 e. The molecule has 0 bridgehead atoms. The van der Waals surface area contributed by atoms with Crippen molar-refractivity contribution in [3.63, 3.8) is 0 Å². The number of rotatable bonds is 5. The van der Waals surface area contributed by atoms with Crippen molar-refractivity contribution in [3.8, 4) is 0 Å². The van der Waals surface area contributed by atoms with E-state index < -0.39 is 40.3 Å². The second-order valence-electron chi connectivity index (χ2n) is 5.97. The summed E-state index contributed by atoms with van der Waals surface area (Å²) in [5.74, 6) is -2.18. The number of benzene rings is 1. The molecule has 2 N–H and O–H groups in total. The van der Waals surface area contributed by atoms with E-state index in [1.54, 1.807) is 0 Å². The Balaban J connectivity index is 1.83. The number of hydrogen-bond donors (Lipinski definition) is 2. The molecule has 2 amide bonds. The second-order valence-corrected chi connectivity index (χ2v) is 8.34. The van der Waals surface area contributed by atoms with Crippen molar-refractivity contribution >= 4 is 39.4 Å². The Bertz CT molecular complexity index is 804. The first kappa shape index (κ1) is 21.1. The monoisotopic (exact) mass is 417 g/mol. The van der Waals surface area contributed by atoms with Gasteiger partial charge in [0.1, 0.15) is 0 Å². The van der Waals surface area contributed by atoms with Gasteiger partial charge in [-0.15, -0.1) is 0 Å². The summed E-state index contributed by atoms with van der Waals surface area (Å²) in [6.45, 7) is 1.03. The Morgan fingerprint density at radius 2 is 1.74 bits per heavy atom. The number of amides is 2. The van der Waals surface area contributed by atoms with E-state index in [1.807, 2.05) is 0 Å². The topological polar surface area (TPSA) is 122 Å². The number of sulfonamides is 1. The van der Waals surface area contributed by atoms with Crippen molar-refractivity contribution in [2.75, 3.05) is 19.7 Å². The summed E-state index contributed by atoms with van der Waals surface area (Å²) < 4.78 is 31.4. The van der Waals surface area contributed by atoms with Crippen LogP contribution in [0.4, 0.5) is 0 Å². The van der Waals surface area contributed by atoms with Crippen molar-refractivity contribution in [1.82, 2.24) is 15.2 Å². The normalized spacial score (nSPS) is 15.8. The lowest BCUT2D eigenvalue weighted by atomic mass is 9.98. The second kappa shape index (κ2) is 9.16. The number of nitrogens with one attached hydrogen (secondary N) is 2. The lowest BCUT2D eigenvalue weighted by Crippen LogP contribution is -2.43. The third-order valence-electron chi connectivity index (χ3n) is 3.96. The summed E-state index contributed by atoms with van der Waals surface area (Å²) in [5, 5.41) is 0.443. The maximum atomic E-state index is 12.6. The molecule has 11 heteroatoms. The molecule has 27 heavy (non-hydrogen) atoms. The standard InChI is InChI=1S/C16H20ClN3O6S/c1-11(21)18-19-15(22)10-26-16(23)12-6-8-20(9-7-12)27(24,25)14-4-2-13(17)3-5-14/h2-5,12H,6-10H2,1H3,(H,18,21)(H,19,22). The fourth-order valence-electron chi connectivity index (χ4n) is 2.54. The number of ether oxygens (including phenoxy) is 1. The molecule has 1 saturated heterocycles. The van der Waals surface area contributed by atoms with Crippen LogP contribution in [0.15, 0.2) is 29.2 Å². The lowest BCUT2D eigenvalue weighted by Gasteiger charge is -2.30. The van der Waals surface area contributed by atoms with Gasteiger partial charge in [-0.05, 0) is 37.1 Å². The highest BCUT2D eigenvalue weighted by Crippen LogP contribution is 2.25. The highest BCUT2D eigenvalue weighted by molar-refractivity contribution is 7.89. The average Bonchev–Trinajstić information content (AvgIpc) is 2.64. The van der Waals surface area contributed by atoms with E-state index in [9.17, 15) is 22.8 Å². The number of nitrogens with zero attached hydrogens (tertiary/aromatic N) is 1. The van der Waals surface area contributed by atoms with Crippen LogP contribution in [-0.2, 0) is 29.1 Å². The predicted octanol–water partition coefficient (Wildman–Crippen LogP) is 0.451. The Kier molecular flexibility index (Phi) is 7.17. The Labute approximate surface area is 162 Å². The first-order valence-corrected chi connectivity index (χ1v) is 9.99. The van der Waals surface area contributed by atoms with Crippen LogP contribution in [0.5, 0.6) is 0 Å². The molecule has 1 aliphatic heterocycles. The molecule has 0 radical (unpaired) electrons. The summed E-state index contributed by atoms with van der Waals surface area (Å²) in [6, 6.07) is 5.88. The summed E-state index contributed by atoms with van der Waals surface area (Å²) in [5.41, 5.74) is 4.16. The van der Waals surface area contributed by atoms with Gasteiger partial charge < -0.3 is 4.74 Å². The van der Waals surface area contributed by atoms with Crippen LogP contribution < -0.4 is 10.9 Å². The van der Waals surface area contributed by atoms with Crippen LogP contribution in [0.3, 0.4) is 0 Å². The number of carbonyl (C=O) groups excluding carboxylic acids is 3. The number of hydrogen-bond acceptors (Lipinski definition) is 6. The van der Waals surface area contributed by atoms with E-state index >= 15 is 0 Å². The molecule has 1 aromatic carbocycles. The molecular formula is C16H20ClN3O6S. The van der Waals surface area contributed by atoms with Gasteiger partial charge in [0.15, 0.2) is 6.61 Å². The van der Waals surface area contributed by atoms with Crippen LogP contribution in [0, 0.1) is 5.92 Å². The molecule has 2 rings (SSSR count). The summed E-state index contributed by atoms with van der Waals surface area (Å²) in [7, 11) is -3.65. The van der Waals surface area contributed by atoms with Crippen molar-refractivity contribution in [1.29, 1.82) is 0 Å². The summed E-state index contributed by atoms with van der Waals surface area (Å²) in [4.78, 5) is 34.2. The third kappa shape index (κ3) is 5.91. The minimum absolute atomic E-state index is 0.141. The van der Waals surface area contributed by atoms with Crippen molar-refractivity contribution in [3.05, 3.63) is 29.3 Å². The van der Waals surface area contributed by atoms with E-state index in [0.29, 0.717) is 17.9 Å². The number of esters is 1. The highest BCUT2D eigenvalue weighted by atomic mass is 35.5. The van der Waals surface area contributed by atoms with Crippen molar-refractivity contribution in [2.45, 2.75) is 24.7 Å². The fraction of sp³-hybridized carbons (Fsp3) is 0.438. The van der Waals surface area contributed by atoms with Gasteiger partial charge in [0.2, 0.25) is 15.9 Å². The number of halogens is 1. The fourth-order valence-corrected chi connectivity index (χ4v) is 4.13. The maximum absolute atomic E-state index is 12.6. The van der Waals surface area contributed by atoms with E-state index in [4.69, 9.17) is 16.3 Å². The molecule has 0 saturated carbocycles. The van der Waals surface area contributed by atoms with Gasteiger partial charge in [0.05, 0.1) is 10.8 Å². The first-order chi connectivity index (χ1) is 12.7. The Morgan fingerprint density at radius 1 is 1.15 bits per heavy atom. The van der Waals surface area contributed by atoms with E-state index in [-0.39, 0.29) is 18.0 Å². The zero-order valence-corrected chi connectivity index (χ0v) is 16.2. The van der Waals surface area contributed by atoms with Crippen LogP contribution >= 0.6 is 11.6 Å². The minimum atomic E-state index is -3.65. The predicted molar refractivity (Wildman–Crippen MR) is 95.9 cm³/mol. The van der Waals surface area contributed by atoms with E-state index in [2.05, 4.69) is 10.9 Å². The molecule has 1 aromatic rings. The SMILES string of the molecule is CC(=O)NNC(=O)COC(=O)C1CCN(S(=O)(=O)c2ccc(Cl)cc2)CC1. The molecule has 148 valence electrons. The van der Waals surface area contributed by atoms with Crippen LogP contribution in [0.1, 0.15) is 19.8 Å². The van der Waals surface area contributed by atoms with E-state index in [1.165, 1.54) is 35.5 Å². The summed E-state index contributed by atoms with van der Waals surface area (Å²) >= 11 is 5.78. The van der Waals surface area contributed by atoms with Crippen LogP contribution in [0.2, 0.25) is 5.02 Å². The molecule has 1 heterocycles. The van der Waals surface area contributed by atoms with Crippen LogP contribution in [0.25, 0.3) is 0 Å². The number of carbonyl (C=O) groups is 3. The summed E-state index contributed by atoms with van der Waals surface area (Å²) in [6.07, 6.45) is 0.581. The molecule has 0 unspecified atom stereocenters. The number of hydrazine groups is 1. The average molecular weight is 418 g/mol. The molecule has 0 aliphatic carbocycles. The largest absolute Gasteiger partial charge is 0.455 e. The third-order valence-corrected chi connectivity index (χ3v) is 6.13.